The first-order chi connectivity index (χ1) is 12.4. The van der Waals surface area contributed by atoms with Crippen molar-refractivity contribution in [2.75, 3.05) is 30.5 Å². The van der Waals surface area contributed by atoms with Crippen LogP contribution in [0.4, 0.5) is 5.82 Å². The van der Waals surface area contributed by atoms with Crippen molar-refractivity contribution in [3.8, 4) is 0 Å². The third-order valence-electron chi connectivity index (χ3n) is 3.25. The normalized spacial score (nSPS) is 12.2. The van der Waals surface area contributed by atoms with Crippen LogP contribution >= 0.6 is 11.8 Å². The Balaban J connectivity index is 1.67. The predicted molar refractivity (Wildman–Crippen MR) is 96.2 cm³/mol. The molecular weight excluding hydrogens is 364 g/mol. The molecule has 2 aromatic rings. The first kappa shape index (κ1) is 19.8. The van der Waals surface area contributed by atoms with Crippen LogP contribution in [0.5, 0.6) is 0 Å². The van der Waals surface area contributed by atoms with Crippen molar-refractivity contribution in [1.82, 2.24) is 14.5 Å². The van der Waals surface area contributed by atoms with E-state index in [1.165, 1.54) is 18.1 Å². The lowest BCUT2D eigenvalue weighted by Gasteiger charge is -2.08. The molecule has 0 saturated carbocycles. The molecule has 26 heavy (non-hydrogen) atoms. The van der Waals surface area contributed by atoms with Gasteiger partial charge in [0.05, 0.1) is 30.2 Å². The molecule has 12 heteroatoms. The van der Waals surface area contributed by atoms with Gasteiger partial charge in [-0.25, -0.2) is 4.98 Å². The summed E-state index contributed by atoms with van der Waals surface area (Å²) >= 11 is 1.17. The Bertz CT molecular complexity index is 835. The molecule has 1 amide bonds. The minimum atomic E-state index is -0.789. The van der Waals surface area contributed by atoms with E-state index in [1.54, 1.807) is 10.6 Å². The first-order valence-electron chi connectivity index (χ1n) is 7.58. The number of fused-ring (bicyclic) bond motifs is 1. The maximum Gasteiger partial charge on any atom is 0.315 e. The molecule has 2 aromatic heterocycles. The van der Waals surface area contributed by atoms with Gasteiger partial charge in [0, 0.05) is 11.8 Å². The maximum atomic E-state index is 11.7. The number of carbonyl (C=O) groups excluding carboxylic acids is 2. The molecule has 7 N–H and O–H groups in total. The van der Waals surface area contributed by atoms with E-state index in [-0.39, 0.29) is 48.3 Å². The van der Waals surface area contributed by atoms with Gasteiger partial charge in [0.1, 0.15) is 19.2 Å². The van der Waals surface area contributed by atoms with Crippen molar-refractivity contribution in [2.45, 2.75) is 12.8 Å². The second-order valence-corrected chi connectivity index (χ2v) is 6.31. The highest BCUT2D eigenvalue weighted by Crippen LogP contribution is 2.10. The first-order valence-corrected chi connectivity index (χ1v) is 8.73. The predicted octanol–water partition coefficient (Wildman–Crippen LogP) is -1.63. The van der Waals surface area contributed by atoms with Crippen LogP contribution in [0.25, 0.3) is 11.0 Å². The molecule has 0 aliphatic carbocycles. The van der Waals surface area contributed by atoms with E-state index in [1.807, 2.05) is 0 Å². The topological polar surface area (TPSA) is 181 Å². The molecule has 1 atom stereocenters. The lowest BCUT2D eigenvalue weighted by Crippen LogP contribution is -2.38. The SMILES string of the molecule is NC(=O)[C@@H](N)CSCC(=O)OCCOCn1cnc2c(=O)[nH]c(N)cc21. The van der Waals surface area contributed by atoms with Gasteiger partial charge in [-0.1, -0.05) is 0 Å². The van der Waals surface area contributed by atoms with Crippen LogP contribution in [0.15, 0.2) is 17.2 Å². The fraction of sp³-hybridized carbons (Fsp3) is 0.429. The van der Waals surface area contributed by atoms with Gasteiger partial charge in [0.2, 0.25) is 5.91 Å². The van der Waals surface area contributed by atoms with E-state index >= 15 is 0 Å². The van der Waals surface area contributed by atoms with Crippen molar-refractivity contribution < 1.29 is 19.1 Å². The van der Waals surface area contributed by atoms with Crippen molar-refractivity contribution >= 4 is 40.5 Å². The highest BCUT2D eigenvalue weighted by Gasteiger charge is 2.11. The van der Waals surface area contributed by atoms with E-state index in [4.69, 9.17) is 26.7 Å². The highest BCUT2D eigenvalue weighted by molar-refractivity contribution is 8.00. The summed E-state index contributed by atoms with van der Waals surface area (Å²) in [7, 11) is 0. The Morgan fingerprint density at radius 1 is 1.38 bits per heavy atom. The zero-order valence-corrected chi connectivity index (χ0v) is 14.7. The summed E-state index contributed by atoms with van der Waals surface area (Å²) in [6, 6.07) is 0.795. The smallest absolute Gasteiger partial charge is 0.315 e. The average Bonchev–Trinajstić information content (AvgIpc) is 2.97. The van der Waals surface area contributed by atoms with E-state index in [2.05, 4.69) is 9.97 Å². The number of nitrogens with two attached hydrogens (primary N) is 3. The van der Waals surface area contributed by atoms with E-state index in [0.29, 0.717) is 5.52 Å². The second-order valence-electron chi connectivity index (χ2n) is 5.28. The van der Waals surface area contributed by atoms with Gasteiger partial charge >= 0.3 is 5.97 Å². The largest absolute Gasteiger partial charge is 0.463 e. The Labute approximate surface area is 152 Å². The number of nitrogen functional groups attached to an aromatic ring is 1. The number of aromatic amines is 1. The molecule has 0 radical (unpaired) electrons. The number of imidazole rings is 1. The molecular formula is C14H20N6O5S. The van der Waals surface area contributed by atoms with Gasteiger partial charge in [-0.15, -0.1) is 11.8 Å². The van der Waals surface area contributed by atoms with Crippen molar-refractivity contribution in [3.05, 3.63) is 22.7 Å². The van der Waals surface area contributed by atoms with Gasteiger partial charge in [-0.3, -0.25) is 14.4 Å². The molecule has 0 bridgehead atoms. The van der Waals surface area contributed by atoms with E-state index < -0.39 is 17.9 Å². The number of hydrogen-bond donors (Lipinski definition) is 4. The average molecular weight is 384 g/mol. The second kappa shape index (κ2) is 9.22. The number of rotatable bonds is 10. The van der Waals surface area contributed by atoms with Gasteiger partial charge in [-0.2, -0.15) is 0 Å². The minimum Gasteiger partial charge on any atom is -0.463 e. The number of hydrogen-bond acceptors (Lipinski definition) is 9. The fourth-order valence-corrected chi connectivity index (χ4v) is 2.75. The number of esters is 1. The molecule has 142 valence electrons. The zero-order chi connectivity index (χ0) is 19.1. The molecule has 2 heterocycles. The van der Waals surface area contributed by atoms with Gasteiger partial charge in [0.25, 0.3) is 5.56 Å². The molecule has 0 aliphatic heterocycles. The van der Waals surface area contributed by atoms with Crippen LogP contribution < -0.4 is 22.8 Å². The molecule has 0 saturated heterocycles. The molecule has 0 spiro atoms. The van der Waals surface area contributed by atoms with E-state index in [0.717, 1.165) is 0 Å². The fourth-order valence-electron chi connectivity index (χ4n) is 1.96. The lowest BCUT2D eigenvalue weighted by molar-refractivity contribution is -0.142. The summed E-state index contributed by atoms with van der Waals surface area (Å²) in [6.07, 6.45) is 1.46. The summed E-state index contributed by atoms with van der Waals surface area (Å²) in [5.74, 6) is -0.518. The monoisotopic (exact) mass is 384 g/mol. The molecule has 0 unspecified atom stereocenters. The third kappa shape index (κ3) is 5.47. The Morgan fingerprint density at radius 3 is 2.88 bits per heavy atom. The maximum absolute atomic E-state index is 11.7. The van der Waals surface area contributed by atoms with Crippen LogP contribution in [0.3, 0.4) is 0 Å². The standard InChI is InChI=1S/C14H20N6O5S/c15-8(13(17)22)4-26-5-11(21)25-2-1-24-7-20-6-18-12-9(20)3-10(16)19-14(12)23/h3,6,8H,1-2,4-5,7,15H2,(H2,17,22)(H3,16,19,23)/t8-/m0/s1. The van der Waals surface area contributed by atoms with Crippen LogP contribution in [0, 0.1) is 0 Å². The zero-order valence-electron chi connectivity index (χ0n) is 13.8. The van der Waals surface area contributed by atoms with Crippen LogP contribution in [-0.4, -0.2) is 57.2 Å². The Kier molecular flexibility index (Phi) is 7.00. The third-order valence-corrected chi connectivity index (χ3v) is 4.28. The number of carbonyl (C=O) groups is 2. The molecule has 0 aromatic carbocycles. The number of aromatic nitrogens is 3. The van der Waals surface area contributed by atoms with Crippen molar-refractivity contribution in [3.63, 3.8) is 0 Å². The number of ether oxygens (including phenoxy) is 2. The highest BCUT2D eigenvalue weighted by atomic mass is 32.2. The minimum absolute atomic E-state index is 0.0647. The summed E-state index contributed by atoms with van der Waals surface area (Å²) in [4.78, 5) is 40.4. The van der Waals surface area contributed by atoms with Crippen molar-refractivity contribution in [2.24, 2.45) is 11.5 Å². The molecule has 0 aliphatic rings. The molecule has 11 nitrogen and oxygen atoms in total. The Morgan fingerprint density at radius 2 is 2.15 bits per heavy atom. The summed E-state index contributed by atoms with van der Waals surface area (Å²) in [5, 5.41) is 0. The summed E-state index contributed by atoms with van der Waals surface area (Å²) in [5.41, 5.74) is 16.5. The number of anilines is 1. The number of pyridine rings is 1. The number of nitrogens with one attached hydrogen (secondary N) is 1. The number of thioether (sulfide) groups is 1. The molecule has 2 rings (SSSR count). The van der Waals surface area contributed by atoms with Crippen LogP contribution in [-0.2, 0) is 25.8 Å². The lowest BCUT2D eigenvalue weighted by atomic mass is 10.3. The van der Waals surface area contributed by atoms with Gasteiger partial charge < -0.3 is 36.2 Å². The van der Waals surface area contributed by atoms with Gasteiger partial charge in [-0.05, 0) is 0 Å². The number of amides is 1. The number of primary amides is 1. The van der Waals surface area contributed by atoms with Crippen molar-refractivity contribution in [1.29, 1.82) is 0 Å². The van der Waals surface area contributed by atoms with Crippen LogP contribution in [0.1, 0.15) is 0 Å². The van der Waals surface area contributed by atoms with E-state index in [9.17, 15) is 14.4 Å². The summed E-state index contributed by atoms with van der Waals surface area (Å²) < 4.78 is 12.0. The van der Waals surface area contributed by atoms with Gasteiger partial charge in [0.15, 0.2) is 5.52 Å². The van der Waals surface area contributed by atoms with Crippen LogP contribution in [0.2, 0.25) is 0 Å². The quantitative estimate of drug-likeness (QED) is 0.276. The number of nitrogens with zero attached hydrogens (tertiary/aromatic N) is 2. The number of H-pyrrole nitrogens is 1. The molecule has 0 fully saturated rings. The Hall–Kier alpha value is -2.57. The summed E-state index contributed by atoms with van der Waals surface area (Å²) in [6.45, 7) is 0.353.